The number of benzene rings is 1. The number of carbonyl (C=O) groups is 1. The van der Waals surface area contributed by atoms with Gasteiger partial charge in [0.1, 0.15) is 0 Å². The first kappa shape index (κ1) is 10.8. The van der Waals surface area contributed by atoms with Gasteiger partial charge in [-0.25, -0.2) is 0 Å². The molecule has 0 spiro atoms. The van der Waals surface area contributed by atoms with Crippen LogP contribution in [0.3, 0.4) is 0 Å². The standard InChI is InChI=1S/C14H15NO/c1-3-11(4-2)15-14(16)13-9-10-7-5-6-8-12(10)13/h1,5-8,11,13H,4,9H2,2H3,(H,15,16). The van der Waals surface area contributed by atoms with Crippen molar-refractivity contribution >= 4 is 5.91 Å². The molecule has 0 heterocycles. The Kier molecular flexibility index (Phi) is 2.96. The van der Waals surface area contributed by atoms with Gasteiger partial charge >= 0.3 is 0 Å². The summed E-state index contributed by atoms with van der Waals surface area (Å²) >= 11 is 0. The van der Waals surface area contributed by atoms with Crippen LogP contribution in [0.25, 0.3) is 0 Å². The van der Waals surface area contributed by atoms with Gasteiger partial charge in [0.25, 0.3) is 0 Å². The Morgan fingerprint density at radius 3 is 3.00 bits per heavy atom. The molecule has 1 aromatic rings. The minimum absolute atomic E-state index is 0.00130. The highest BCUT2D eigenvalue weighted by atomic mass is 16.2. The summed E-state index contributed by atoms with van der Waals surface area (Å²) in [6, 6.07) is 7.91. The van der Waals surface area contributed by atoms with Gasteiger partial charge in [0, 0.05) is 0 Å². The third-order valence-electron chi connectivity index (χ3n) is 3.10. The molecule has 1 aliphatic rings. The first-order valence-electron chi connectivity index (χ1n) is 5.60. The summed E-state index contributed by atoms with van der Waals surface area (Å²) in [6.45, 7) is 1.97. The highest BCUT2D eigenvalue weighted by molar-refractivity contribution is 5.87. The topological polar surface area (TPSA) is 29.1 Å². The van der Waals surface area contributed by atoms with Crippen molar-refractivity contribution in [3.05, 3.63) is 35.4 Å². The zero-order chi connectivity index (χ0) is 11.5. The summed E-state index contributed by atoms with van der Waals surface area (Å²) in [5.74, 6) is 2.64. The Bertz CT molecular complexity index is 444. The maximum Gasteiger partial charge on any atom is 0.228 e. The molecule has 2 atom stereocenters. The van der Waals surface area contributed by atoms with Crippen LogP contribution in [-0.2, 0) is 11.2 Å². The molecule has 1 aromatic carbocycles. The molecule has 1 N–H and O–H groups in total. The molecule has 0 aliphatic heterocycles. The van der Waals surface area contributed by atoms with E-state index in [-0.39, 0.29) is 17.9 Å². The SMILES string of the molecule is C#CC(CC)NC(=O)C1Cc2ccccc21. The number of hydrogen-bond donors (Lipinski definition) is 1. The quantitative estimate of drug-likeness (QED) is 0.763. The molecule has 2 rings (SSSR count). The monoisotopic (exact) mass is 213 g/mol. The first-order valence-corrected chi connectivity index (χ1v) is 5.60. The van der Waals surface area contributed by atoms with E-state index in [4.69, 9.17) is 6.42 Å². The average Bonchev–Trinajstić information content (AvgIpc) is 2.27. The second kappa shape index (κ2) is 4.40. The lowest BCUT2D eigenvalue weighted by atomic mass is 9.77. The largest absolute Gasteiger partial charge is 0.342 e. The van der Waals surface area contributed by atoms with Crippen LogP contribution in [0.1, 0.15) is 30.4 Å². The van der Waals surface area contributed by atoms with Gasteiger partial charge in [-0.15, -0.1) is 6.42 Å². The molecule has 16 heavy (non-hydrogen) atoms. The molecular formula is C14H15NO. The Labute approximate surface area is 96.1 Å². The summed E-state index contributed by atoms with van der Waals surface area (Å²) < 4.78 is 0. The molecule has 82 valence electrons. The zero-order valence-electron chi connectivity index (χ0n) is 9.36. The van der Waals surface area contributed by atoms with Crippen LogP contribution in [-0.4, -0.2) is 11.9 Å². The normalized spacial score (nSPS) is 18.9. The van der Waals surface area contributed by atoms with Crippen molar-refractivity contribution in [2.75, 3.05) is 0 Å². The van der Waals surface area contributed by atoms with Gasteiger partial charge in [0.05, 0.1) is 12.0 Å². The lowest BCUT2D eigenvalue weighted by Crippen LogP contribution is -2.40. The van der Waals surface area contributed by atoms with Crippen LogP contribution in [0.4, 0.5) is 0 Å². The number of nitrogens with one attached hydrogen (secondary N) is 1. The minimum atomic E-state index is -0.139. The molecule has 1 aliphatic carbocycles. The van der Waals surface area contributed by atoms with E-state index in [1.807, 2.05) is 25.1 Å². The van der Waals surface area contributed by atoms with Gasteiger partial charge < -0.3 is 5.32 Å². The number of terminal acetylenes is 1. The molecule has 2 nitrogen and oxygen atoms in total. The lowest BCUT2D eigenvalue weighted by molar-refractivity contribution is -0.123. The Morgan fingerprint density at radius 2 is 2.38 bits per heavy atom. The number of rotatable bonds is 3. The fourth-order valence-corrected chi connectivity index (χ4v) is 2.03. The van der Waals surface area contributed by atoms with Crippen molar-refractivity contribution in [3.8, 4) is 12.3 Å². The van der Waals surface area contributed by atoms with Crippen LogP contribution in [0, 0.1) is 12.3 Å². The molecule has 0 fully saturated rings. The summed E-state index contributed by atoms with van der Waals surface area (Å²) in [5.41, 5.74) is 2.42. The van der Waals surface area contributed by atoms with Crippen molar-refractivity contribution in [2.45, 2.75) is 31.7 Å². The van der Waals surface area contributed by atoms with Crippen molar-refractivity contribution < 1.29 is 4.79 Å². The Hall–Kier alpha value is -1.75. The van der Waals surface area contributed by atoms with Crippen molar-refractivity contribution in [3.63, 3.8) is 0 Å². The first-order chi connectivity index (χ1) is 7.76. The summed E-state index contributed by atoms with van der Waals surface area (Å²) in [6.07, 6.45) is 6.93. The highest BCUT2D eigenvalue weighted by Crippen LogP contribution is 2.34. The lowest BCUT2D eigenvalue weighted by Gasteiger charge is -2.29. The maximum absolute atomic E-state index is 11.9. The van der Waals surface area contributed by atoms with Gasteiger partial charge in [0.15, 0.2) is 0 Å². The predicted octanol–water partition coefficient (Wildman–Crippen LogP) is 1.85. The second-order valence-electron chi connectivity index (χ2n) is 4.09. The molecule has 2 unspecified atom stereocenters. The van der Waals surface area contributed by atoms with Gasteiger partial charge in [-0.05, 0) is 24.0 Å². The van der Waals surface area contributed by atoms with Crippen LogP contribution in [0.15, 0.2) is 24.3 Å². The molecule has 0 radical (unpaired) electrons. The third-order valence-corrected chi connectivity index (χ3v) is 3.10. The summed E-state index contributed by atoms with van der Waals surface area (Å²) in [5, 5.41) is 2.88. The molecule has 0 saturated heterocycles. The average molecular weight is 213 g/mol. The highest BCUT2D eigenvalue weighted by Gasteiger charge is 2.32. The molecule has 0 aromatic heterocycles. The van der Waals surface area contributed by atoms with E-state index in [0.717, 1.165) is 18.4 Å². The molecule has 1 amide bonds. The van der Waals surface area contributed by atoms with E-state index >= 15 is 0 Å². The second-order valence-corrected chi connectivity index (χ2v) is 4.09. The van der Waals surface area contributed by atoms with Crippen LogP contribution >= 0.6 is 0 Å². The number of carbonyl (C=O) groups excluding carboxylic acids is 1. The zero-order valence-corrected chi connectivity index (χ0v) is 9.36. The van der Waals surface area contributed by atoms with Crippen molar-refractivity contribution in [2.24, 2.45) is 0 Å². The fourth-order valence-electron chi connectivity index (χ4n) is 2.03. The van der Waals surface area contributed by atoms with Crippen LogP contribution in [0.2, 0.25) is 0 Å². The van der Waals surface area contributed by atoms with Crippen LogP contribution in [0.5, 0.6) is 0 Å². The fraction of sp³-hybridized carbons (Fsp3) is 0.357. The smallest absolute Gasteiger partial charge is 0.228 e. The molecule has 2 heteroatoms. The number of amides is 1. The summed E-state index contributed by atoms with van der Waals surface area (Å²) in [4.78, 5) is 11.9. The molecule has 0 saturated carbocycles. The minimum Gasteiger partial charge on any atom is -0.342 e. The van der Waals surface area contributed by atoms with E-state index < -0.39 is 0 Å². The van der Waals surface area contributed by atoms with Gasteiger partial charge in [-0.2, -0.15) is 0 Å². The van der Waals surface area contributed by atoms with E-state index in [9.17, 15) is 4.79 Å². The van der Waals surface area contributed by atoms with Gasteiger partial charge in [-0.1, -0.05) is 37.1 Å². The van der Waals surface area contributed by atoms with Crippen molar-refractivity contribution in [1.82, 2.24) is 5.32 Å². The predicted molar refractivity (Wildman–Crippen MR) is 63.9 cm³/mol. The van der Waals surface area contributed by atoms with Gasteiger partial charge in [0.2, 0.25) is 5.91 Å². The van der Waals surface area contributed by atoms with E-state index in [0.29, 0.717) is 0 Å². The van der Waals surface area contributed by atoms with Crippen molar-refractivity contribution in [1.29, 1.82) is 0 Å². The maximum atomic E-state index is 11.9. The van der Waals surface area contributed by atoms with Gasteiger partial charge in [-0.3, -0.25) is 4.79 Å². The molecule has 0 bridgehead atoms. The Balaban J connectivity index is 2.02. The molecular weight excluding hydrogens is 198 g/mol. The van der Waals surface area contributed by atoms with E-state index in [2.05, 4.69) is 17.3 Å². The van der Waals surface area contributed by atoms with E-state index in [1.54, 1.807) is 0 Å². The Morgan fingerprint density at radius 1 is 1.62 bits per heavy atom. The van der Waals surface area contributed by atoms with Crippen LogP contribution < -0.4 is 5.32 Å². The number of hydrogen-bond acceptors (Lipinski definition) is 1. The third kappa shape index (κ3) is 1.81. The number of fused-ring (bicyclic) bond motifs is 1. The summed E-state index contributed by atoms with van der Waals surface area (Å²) in [7, 11) is 0. The van der Waals surface area contributed by atoms with E-state index in [1.165, 1.54) is 5.56 Å².